The van der Waals surface area contributed by atoms with Crippen LogP contribution >= 0.6 is 11.6 Å². The van der Waals surface area contributed by atoms with Crippen LogP contribution in [-0.4, -0.2) is 28.1 Å². The van der Waals surface area contributed by atoms with Gasteiger partial charge in [0.15, 0.2) is 0 Å². The van der Waals surface area contributed by atoms with Crippen LogP contribution in [0.5, 0.6) is 5.75 Å². The monoisotopic (exact) mass is 334 g/mol. The number of halogens is 1. The fraction of sp³-hybridized carbons (Fsp3) is 0.0625. The summed E-state index contributed by atoms with van der Waals surface area (Å²) in [6.45, 7) is 0. The number of alkyl halides is 1. The Morgan fingerprint density at radius 2 is 1.57 bits per heavy atom. The third kappa shape index (κ3) is 3.67. The zero-order valence-corrected chi connectivity index (χ0v) is 12.4. The maximum Gasteiger partial charge on any atom is 0.343 e. The van der Waals surface area contributed by atoms with Crippen LogP contribution in [0.3, 0.4) is 0 Å². The van der Waals surface area contributed by atoms with Crippen molar-refractivity contribution in [2.45, 2.75) is 5.88 Å². The van der Waals surface area contributed by atoms with Crippen molar-refractivity contribution in [3.8, 4) is 5.75 Å². The highest BCUT2D eigenvalue weighted by Gasteiger charge is 2.19. The van der Waals surface area contributed by atoms with Crippen LogP contribution in [0.25, 0.3) is 0 Å². The quantitative estimate of drug-likeness (QED) is 0.495. The van der Waals surface area contributed by atoms with Crippen LogP contribution in [0, 0.1) is 0 Å². The van der Waals surface area contributed by atoms with Gasteiger partial charge in [0.2, 0.25) is 0 Å². The van der Waals surface area contributed by atoms with Gasteiger partial charge in [0, 0.05) is 5.88 Å². The summed E-state index contributed by atoms with van der Waals surface area (Å²) in [4.78, 5) is 34.2. The molecule has 6 nitrogen and oxygen atoms in total. The molecule has 0 aliphatic carbocycles. The highest BCUT2D eigenvalue weighted by molar-refractivity contribution is 6.17. The molecule has 0 spiro atoms. The normalized spacial score (nSPS) is 10.1. The first-order chi connectivity index (χ1) is 10.9. The Kier molecular flexibility index (Phi) is 4.98. The zero-order chi connectivity index (χ0) is 17.0. The van der Waals surface area contributed by atoms with Gasteiger partial charge in [-0.25, -0.2) is 14.4 Å². The maximum absolute atomic E-state index is 12.1. The maximum atomic E-state index is 12.1. The molecular formula is C16H11ClO6. The lowest BCUT2D eigenvalue weighted by atomic mass is 10.1. The van der Waals surface area contributed by atoms with Crippen molar-refractivity contribution >= 4 is 29.5 Å². The van der Waals surface area contributed by atoms with Gasteiger partial charge in [0.25, 0.3) is 0 Å². The van der Waals surface area contributed by atoms with E-state index in [2.05, 4.69) is 0 Å². The summed E-state index contributed by atoms with van der Waals surface area (Å²) < 4.78 is 5.11. The Labute approximate surface area is 135 Å². The first kappa shape index (κ1) is 16.5. The van der Waals surface area contributed by atoms with Gasteiger partial charge in [-0.3, -0.25) is 0 Å². The second kappa shape index (κ2) is 6.93. The van der Waals surface area contributed by atoms with E-state index in [1.54, 1.807) is 18.2 Å². The van der Waals surface area contributed by atoms with Gasteiger partial charge in [-0.15, -0.1) is 11.6 Å². The summed E-state index contributed by atoms with van der Waals surface area (Å²) in [5.41, 5.74) is -0.0339. The molecule has 118 valence electrons. The largest absolute Gasteiger partial charge is 0.478 e. The lowest BCUT2D eigenvalue weighted by Gasteiger charge is -2.09. The number of carbonyl (C=O) groups excluding carboxylic acids is 1. The minimum Gasteiger partial charge on any atom is -0.478 e. The van der Waals surface area contributed by atoms with Gasteiger partial charge < -0.3 is 14.9 Å². The van der Waals surface area contributed by atoms with Crippen molar-refractivity contribution in [2.24, 2.45) is 0 Å². The lowest BCUT2D eigenvalue weighted by molar-refractivity contribution is 0.0650. The number of carbonyl (C=O) groups is 3. The predicted octanol–water partition coefficient (Wildman–Crippen LogP) is 3.04. The molecule has 0 atom stereocenters. The van der Waals surface area contributed by atoms with Crippen LogP contribution in [0.1, 0.15) is 36.6 Å². The Morgan fingerprint density at radius 3 is 2.17 bits per heavy atom. The fourth-order valence-corrected chi connectivity index (χ4v) is 2.18. The third-order valence-corrected chi connectivity index (χ3v) is 3.33. The zero-order valence-electron chi connectivity index (χ0n) is 11.7. The molecule has 0 bridgehead atoms. The number of carboxylic acid groups (broad SMARTS) is 2. The number of benzene rings is 2. The van der Waals surface area contributed by atoms with Crippen molar-refractivity contribution in [3.63, 3.8) is 0 Å². The minimum absolute atomic E-state index is 0.0678. The molecule has 2 aromatic carbocycles. The van der Waals surface area contributed by atoms with Gasteiger partial charge in [-0.05, 0) is 29.8 Å². The van der Waals surface area contributed by atoms with Crippen LogP contribution in [-0.2, 0) is 5.88 Å². The molecule has 0 fully saturated rings. The number of rotatable bonds is 5. The molecule has 7 heteroatoms. The number of hydrogen-bond donors (Lipinski definition) is 2. The smallest absolute Gasteiger partial charge is 0.343 e. The number of ether oxygens (including phenoxy) is 1. The minimum atomic E-state index is -1.43. The molecule has 23 heavy (non-hydrogen) atoms. The fourth-order valence-electron chi connectivity index (χ4n) is 1.95. The molecule has 0 saturated heterocycles. The molecule has 0 heterocycles. The highest BCUT2D eigenvalue weighted by Crippen LogP contribution is 2.21. The number of hydrogen-bond acceptors (Lipinski definition) is 4. The Morgan fingerprint density at radius 1 is 0.913 bits per heavy atom. The molecule has 0 saturated carbocycles. The van der Waals surface area contributed by atoms with E-state index in [0.717, 1.165) is 12.1 Å². The topological polar surface area (TPSA) is 101 Å². The molecule has 2 rings (SSSR count). The molecule has 0 amide bonds. The van der Waals surface area contributed by atoms with E-state index in [1.165, 1.54) is 12.1 Å². The molecule has 0 aliphatic rings. The van der Waals surface area contributed by atoms with Crippen LogP contribution < -0.4 is 4.74 Å². The van der Waals surface area contributed by atoms with Crippen molar-refractivity contribution in [1.29, 1.82) is 0 Å². The molecule has 0 radical (unpaired) electrons. The summed E-state index contributed by atoms with van der Waals surface area (Å²) >= 11 is 5.75. The second-order valence-corrected chi connectivity index (χ2v) is 4.77. The Balaban J connectivity index is 2.33. The van der Waals surface area contributed by atoms with Crippen molar-refractivity contribution in [2.75, 3.05) is 0 Å². The van der Waals surface area contributed by atoms with Gasteiger partial charge >= 0.3 is 17.9 Å². The van der Waals surface area contributed by atoms with Crippen LogP contribution in [0.2, 0.25) is 0 Å². The standard InChI is InChI=1S/C16H11ClO6/c17-8-9-3-1-2-4-11(9)16(22)23-10-5-6-12(14(18)19)13(7-10)15(20)21/h1-7H,8H2,(H,18,19)(H,20,21). The Hall–Kier alpha value is -2.86. The summed E-state index contributed by atoms with van der Waals surface area (Å²) in [5.74, 6) is -3.47. The molecule has 2 N–H and O–H groups in total. The SMILES string of the molecule is O=C(Oc1ccc(C(=O)O)c(C(=O)O)c1)c1ccccc1CCl. The van der Waals surface area contributed by atoms with E-state index in [1.807, 2.05) is 0 Å². The first-order valence-corrected chi connectivity index (χ1v) is 6.94. The van der Waals surface area contributed by atoms with Crippen molar-refractivity contribution in [1.82, 2.24) is 0 Å². The molecular weight excluding hydrogens is 324 g/mol. The predicted molar refractivity (Wildman–Crippen MR) is 81.3 cm³/mol. The van der Waals surface area contributed by atoms with Crippen molar-refractivity contribution < 1.29 is 29.3 Å². The van der Waals surface area contributed by atoms with E-state index < -0.39 is 29.0 Å². The lowest BCUT2D eigenvalue weighted by Crippen LogP contribution is -2.13. The van der Waals surface area contributed by atoms with Gasteiger partial charge in [-0.2, -0.15) is 0 Å². The van der Waals surface area contributed by atoms with Crippen LogP contribution in [0.4, 0.5) is 0 Å². The highest BCUT2D eigenvalue weighted by atomic mass is 35.5. The van der Waals surface area contributed by atoms with Gasteiger partial charge in [-0.1, -0.05) is 18.2 Å². The van der Waals surface area contributed by atoms with E-state index in [4.69, 9.17) is 26.6 Å². The van der Waals surface area contributed by atoms with E-state index in [-0.39, 0.29) is 17.2 Å². The van der Waals surface area contributed by atoms with E-state index in [9.17, 15) is 14.4 Å². The van der Waals surface area contributed by atoms with E-state index in [0.29, 0.717) is 5.56 Å². The number of aromatic carboxylic acids is 2. The van der Waals surface area contributed by atoms with Crippen molar-refractivity contribution in [3.05, 3.63) is 64.7 Å². The third-order valence-electron chi connectivity index (χ3n) is 3.04. The summed E-state index contributed by atoms with van der Waals surface area (Å²) in [5, 5.41) is 18.0. The summed E-state index contributed by atoms with van der Waals surface area (Å²) in [7, 11) is 0. The Bertz CT molecular complexity index is 784. The number of carboxylic acids is 2. The molecule has 0 unspecified atom stereocenters. The summed E-state index contributed by atoms with van der Waals surface area (Å²) in [6, 6.07) is 9.84. The average molecular weight is 335 g/mol. The summed E-state index contributed by atoms with van der Waals surface area (Å²) in [6.07, 6.45) is 0. The van der Waals surface area contributed by atoms with E-state index >= 15 is 0 Å². The first-order valence-electron chi connectivity index (χ1n) is 6.40. The number of esters is 1. The second-order valence-electron chi connectivity index (χ2n) is 4.50. The van der Waals surface area contributed by atoms with Gasteiger partial charge in [0.05, 0.1) is 16.7 Å². The average Bonchev–Trinajstić information content (AvgIpc) is 2.54. The van der Waals surface area contributed by atoms with Gasteiger partial charge in [0.1, 0.15) is 5.75 Å². The molecule has 2 aromatic rings. The molecule has 0 aromatic heterocycles. The molecule has 0 aliphatic heterocycles. The van der Waals surface area contributed by atoms with Crippen LogP contribution in [0.15, 0.2) is 42.5 Å².